The Morgan fingerprint density at radius 1 is 0.756 bits per heavy atom. The van der Waals surface area contributed by atoms with E-state index >= 15 is 0 Å². The van der Waals surface area contributed by atoms with E-state index in [0.29, 0.717) is 30.0 Å². The zero-order valence-electron chi connectivity index (χ0n) is 25.5. The number of amides is 2. The second kappa shape index (κ2) is 14.0. The van der Waals surface area contributed by atoms with Gasteiger partial charge in [0, 0.05) is 36.4 Å². The molecule has 0 unspecified atom stereocenters. The fraction of sp³-hybridized carbons (Fsp3) is 0.179. The second-order valence-corrected chi connectivity index (χ2v) is 11.2. The molecular weight excluding hydrogens is 558 g/mol. The Labute approximate surface area is 264 Å². The fourth-order valence-electron chi connectivity index (χ4n) is 5.82. The Bertz CT molecular complexity index is 1770. The summed E-state index contributed by atoms with van der Waals surface area (Å²) < 4.78 is 5.98. The predicted molar refractivity (Wildman–Crippen MR) is 183 cm³/mol. The van der Waals surface area contributed by atoms with E-state index in [2.05, 4.69) is 35.3 Å². The van der Waals surface area contributed by atoms with Crippen molar-refractivity contribution in [1.82, 2.24) is 0 Å². The fourth-order valence-corrected chi connectivity index (χ4v) is 5.82. The lowest BCUT2D eigenvalue weighted by Gasteiger charge is -2.27. The van der Waals surface area contributed by atoms with E-state index < -0.39 is 0 Å². The summed E-state index contributed by atoms with van der Waals surface area (Å²) in [4.78, 5) is 31.3. The number of anilines is 3. The van der Waals surface area contributed by atoms with E-state index in [1.807, 2.05) is 89.8 Å². The van der Waals surface area contributed by atoms with Crippen molar-refractivity contribution in [2.45, 2.75) is 19.8 Å². The number of para-hydroxylation sites is 2. The Hall–Kier alpha value is -5.36. The van der Waals surface area contributed by atoms with E-state index in [1.165, 1.54) is 5.56 Å². The van der Waals surface area contributed by atoms with Crippen LogP contribution < -0.4 is 19.9 Å². The van der Waals surface area contributed by atoms with Crippen LogP contribution in [0, 0.1) is 6.92 Å². The van der Waals surface area contributed by atoms with Crippen LogP contribution in [0.3, 0.4) is 0 Å². The molecule has 6 rings (SSSR count). The summed E-state index contributed by atoms with van der Waals surface area (Å²) in [5.74, 6) is 0.643. The molecule has 0 saturated heterocycles. The lowest BCUT2D eigenvalue weighted by molar-refractivity contribution is 0.0986. The number of benzene rings is 5. The molecule has 0 atom stereocenters. The number of rotatable bonds is 9. The molecule has 0 aromatic heterocycles. The van der Waals surface area contributed by atoms with Gasteiger partial charge in [0.05, 0.1) is 18.0 Å². The molecular formula is C39H37N3O3. The van der Waals surface area contributed by atoms with Gasteiger partial charge in [0.1, 0.15) is 5.75 Å². The Morgan fingerprint density at radius 2 is 1.49 bits per heavy atom. The minimum absolute atomic E-state index is 0.0561. The summed E-state index contributed by atoms with van der Waals surface area (Å²) in [6.45, 7) is 5.02. The van der Waals surface area contributed by atoms with Crippen LogP contribution in [-0.2, 0) is 0 Å². The molecule has 0 saturated carbocycles. The first kappa shape index (κ1) is 29.7. The first-order valence-electron chi connectivity index (χ1n) is 15.5. The largest absolute Gasteiger partial charge is 0.494 e. The number of hydrogen-bond donors (Lipinski definition) is 1. The molecule has 1 aliphatic rings. The monoisotopic (exact) mass is 595 g/mol. The third-order valence-electron chi connectivity index (χ3n) is 8.04. The van der Waals surface area contributed by atoms with E-state index in [1.54, 1.807) is 24.3 Å². The van der Waals surface area contributed by atoms with E-state index in [4.69, 9.17) is 4.74 Å². The van der Waals surface area contributed by atoms with Gasteiger partial charge in [-0.15, -0.1) is 0 Å². The molecule has 226 valence electrons. The van der Waals surface area contributed by atoms with Crippen molar-refractivity contribution in [2.24, 2.45) is 0 Å². The van der Waals surface area contributed by atoms with Gasteiger partial charge in [-0.25, -0.2) is 0 Å². The molecule has 0 fully saturated rings. The number of carbonyl (C=O) groups is 2. The number of ether oxygens (including phenoxy) is 1. The van der Waals surface area contributed by atoms with Crippen molar-refractivity contribution in [3.8, 4) is 16.9 Å². The maximum absolute atomic E-state index is 13.8. The molecule has 1 N–H and O–H groups in total. The zero-order chi connectivity index (χ0) is 31.0. The van der Waals surface area contributed by atoms with Crippen molar-refractivity contribution in [1.29, 1.82) is 0 Å². The smallest absolute Gasteiger partial charge is 0.258 e. The quantitative estimate of drug-likeness (QED) is 0.174. The predicted octanol–water partition coefficient (Wildman–Crippen LogP) is 8.24. The van der Waals surface area contributed by atoms with Gasteiger partial charge in [0.25, 0.3) is 11.8 Å². The molecule has 5 aromatic carbocycles. The number of fused-ring (bicyclic) bond motifs is 1. The van der Waals surface area contributed by atoms with Crippen LogP contribution in [0.4, 0.5) is 17.1 Å². The number of carbonyl (C=O) groups excluding carboxylic acids is 2. The van der Waals surface area contributed by atoms with Gasteiger partial charge >= 0.3 is 0 Å². The van der Waals surface area contributed by atoms with Gasteiger partial charge < -0.3 is 19.9 Å². The van der Waals surface area contributed by atoms with Crippen LogP contribution >= 0.6 is 0 Å². The van der Waals surface area contributed by atoms with Crippen LogP contribution in [0.2, 0.25) is 0 Å². The van der Waals surface area contributed by atoms with Crippen molar-refractivity contribution in [3.05, 3.63) is 144 Å². The summed E-state index contributed by atoms with van der Waals surface area (Å²) in [6, 6.07) is 40.8. The minimum Gasteiger partial charge on any atom is -0.494 e. The van der Waals surface area contributed by atoms with Gasteiger partial charge in [-0.1, -0.05) is 72.8 Å². The number of hydrogen-bond acceptors (Lipinski definition) is 4. The average Bonchev–Trinajstić information content (AvgIpc) is 3.26. The Morgan fingerprint density at radius 3 is 2.29 bits per heavy atom. The normalized spacial score (nSPS) is 12.6. The molecule has 6 nitrogen and oxygen atoms in total. The lowest BCUT2D eigenvalue weighted by Crippen LogP contribution is -2.31. The molecule has 0 radical (unpaired) electrons. The number of nitrogens with zero attached hydrogens (tertiary/aromatic N) is 2. The summed E-state index contributed by atoms with van der Waals surface area (Å²) in [5.41, 5.74) is 6.81. The van der Waals surface area contributed by atoms with Gasteiger partial charge in [0.15, 0.2) is 0 Å². The first-order valence-corrected chi connectivity index (χ1v) is 15.5. The van der Waals surface area contributed by atoms with Crippen LogP contribution in [0.15, 0.2) is 127 Å². The first-order chi connectivity index (χ1) is 22.1. The van der Waals surface area contributed by atoms with E-state index in [9.17, 15) is 9.59 Å². The molecule has 2 amide bonds. The van der Waals surface area contributed by atoms with Crippen molar-refractivity contribution < 1.29 is 14.3 Å². The summed E-state index contributed by atoms with van der Waals surface area (Å²) in [7, 11) is 0. The van der Waals surface area contributed by atoms with Gasteiger partial charge in [-0.05, 0) is 91.1 Å². The topological polar surface area (TPSA) is 61.9 Å². The van der Waals surface area contributed by atoms with Crippen molar-refractivity contribution in [2.75, 3.05) is 41.4 Å². The highest BCUT2D eigenvalue weighted by molar-refractivity contribution is 6.10. The maximum atomic E-state index is 13.8. The molecule has 1 heterocycles. The van der Waals surface area contributed by atoms with Crippen LogP contribution in [0.5, 0.6) is 5.75 Å². The molecule has 45 heavy (non-hydrogen) atoms. The standard InChI is InChI=1S/C39H37N3O3/c1-29-12-9-15-33(28-29)45-27-11-25-41-24-10-26-42(37-19-8-7-18-36(37)41)39(44)31-20-22-32(23-21-31)40-38(43)35-17-6-5-16-34(35)30-13-3-2-4-14-30/h2-9,12-23,28H,10-11,24-27H2,1H3,(H,40,43). The third kappa shape index (κ3) is 7.07. The highest BCUT2D eigenvalue weighted by Gasteiger charge is 2.25. The SMILES string of the molecule is Cc1cccc(OCCCN2CCCN(C(=O)c3ccc(NC(=O)c4ccccc4-c4ccccc4)cc3)c3ccccc32)c1. The molecule has 0 bridgehead atoms. The summed E-state index contributed by atoms with van der Waals surface area (Å²) in [6.07, 6.45) is 1.73. The number of aryl methyl sites for hydroxylation is 1. The van der Waals surface area contributed by atoms with Crippen molar-refractivity contribution >= 4 is 28.9 Å². The van der Waals surface area contributed by atoms with Crippen LogP contribution in [0.25, 0.3) is 11.1 Å². The van der Waals surface area contributed by atoms with Gasteiger partial charge in [-0.2, -0.15) is 0 Å². The Balaban J connectivity index is 1.12. The van der Waals surface area contributed by atoms with Gasteiger partial charge in [0.2, 0.25) is 0 Å². The van der Waals surface area contributed by atoms with Crippen LogP contribution in [-0.4, -0.2) is 38.1 Å². The highest BCUT2D eigenvalue weighted by atomic mass is 16.5. The lowest BCUT2D eigenvalue weighted by atomic mass is 9.99. The third-order valence-corrected chi connectivity index (χ3v) is 8.04. The Kier molecular flexibility index (Phi) is 9.21. The highest BCUT2D eigenvalue weighted by Crippen LogP contribution is 2.33. The number of nitrogens with one attached hydrogen (secondary N) is 1. The van der Waals surface area contributed by atoms with Gasteiger partial charge in [-0.3, -0.25) is 9.59 Å². The molecule has 1 aliphatic heterocycles. The van der Waals surface area contributed by atoms with Crippen LogP contribution in [0.1, 0.15) is 39.1 Å². The molecule has 5 aromatic rings. The zero-order valence-corrected chi connectivity index (χ0v) is 25.5. The molecule has 6 heteroatoms. The van der Waals surface area contributed by atoms with Crippen molar-refractivity contribution in [3.63, 3.8) is 0 Å². The second-order valence-electron chi connectivity index (χ2n) is 11.2. The average molecular weight is 596 g/mol. The van der Waals surface area contributed by atoms with E-state index in [0.717, 1.165) is 54.2 Å². The minimum atomic E-state index is -0.195. The maximum Gasteiger partial charge on any atom is 0.258 e. The summed E-state index contributed by atoms with van der Waals surface area (Å²) in [5, 5.41) is 3.00. The molecule has 0 aliphatic carbocycles. The molecule has 0 spiro atoms. The van der Waals surface area contributed by atoms with E-state index in [-0.39, 0.29) is 11.8 Å². The summed E-state index contributed by atoms with van der Waals surface area (Å²) >= 11 is 0.